The molecule has 2 aromatic rings. The standard InChI is InChI=1S/C17H17NO6/c1-22-13-7-8-14(15(9-13)23-2)17(21)18-11-3-5-12(6-4-11)24-10-16(19)20/h3-9H,10H2,1-2H3,(H,18,21)(H,19,20). The predicted molar refractivity (Wildman–Crippen MR) is 87.1 cm³/mol. The van der Waals surface area contributed by atoms with Crippen molar-refractivity contribution in [2.45, 2.75) is 0 Å². The largest absolute Gasteiger partial charge is 0.497 e. The molecular formula is C17H17NO6. The van der Waals surface area contributed by atoms with Gasteiger partial charge in [-0.2, -0.15) is 0 Å². The van der Waals surface area contributed by atoms with Crippen LogP contribution in [0.2, 0.25) is 0 Å². The van der Waals surface area contributed by atoms with E-state index in [0.29, 0.717) is 28.5 Å². The van der Waals surface area contributed by atoms with Crippen molar-refractivity contribution in [3.05, 3.63) is 48.0 Å². The molecular weight excluding hydrogens is 314 g/mol. The van der Waals surface area contributed by atoms with Crippen LogP contribution in [-0.2, 0) is 4.79 Å². The van der Waals surface area contributed by atoms with Crippen molar-refractivity contribution >= 4 is 17.6 Å². The van der Waals surface area contributed by atoms with Crippen LogP contribution in [0.1, 0.15) is 10.4 Å². The van der Waals surface area contributed by atoms with Crippen LogP contribution in [-0.4, -0.2) is 37.8 Å². The van der Waals surface area contributed by atoms with E-state index in [4.69, 9.17) is 19.3 Å². The quantitative estimate of drug-likeness (QED) is 0.809. The molecule has 0 aliphatic rings. The van der Waals surface area contributed by atoms with Gasteiger partial charge in [-0.25, -0.2) is 4.79 Å². The van der Waals surface area contributed by atoms with E-state index in [-0.39, 0.29) is 5.91 Å². The van der Waals surface area contributed by atoms with Crippen LogP contribution in [0.5, 0.6) is 17.2 Å². The lowest BCUT2D eigenvalue weighted by atomic mass is 10.1. The number of carboxylic acids is 1. The van der Waals surface area contributed by atoms with E-state index in [1.165, 1.54) is 14.2 Å². The number of nitrogens with one attached hydrogen (secondary N) is 1. The molecule has 0 fully saturated rings. The van der Waals surface area contributed by atoms with Gasteiger partial charge in [0.2, 0.25) is 0 Å². The molecule has 7 nitrogen and oxygen atoms in total. The Kier molecular flexibility index (Phi) is 5.62. The summed E-state index contributed by atoms with van der Waals surface area (Å²) in [6.07, 6.45) is 0. The summed E-state index contributed by atoms with van der Waals surface area (Å²) in [6, 6.07) is 11.3. The first-order chi connectivity index (χ1) is 11.5. The number of hydrogen-bond donors (Lipinski definition) is 2. The molecule has 0 bridgehead atoms. The lowest BCUT2D eigenvalue weighted by Gasteiger charge is -2.11. The second-order valence-corrected chi connectivity index (χ2v) is 4.73. The average molecular weight is 331 g/mol. The molecule has 0 heterocycles. The van der Waals surface area contributed by atoms with Crippen LogP contribution in [0.3, 0.4) is 0 Å². The van der Waals surface area contributed by atoms with Gasteiger partial charge in [-0.1, -0.05) is 0 Å². The molecule has 2 rings (SSSR count). The van der Waals surface area contributed by atoms with E-state index in [1.807, 2.05) is 0 Å². The Morgan fingerprint density at radius 1 is 1.00 bits per heavy atom. The summed E-state index contributed by atoms with van der Waals surface area (Å²) in [4.78, 5) is 22.8. The van der Waals surface area contributed by atoms with Crippen LogP contribution < -0.4 is 19.5 Å². The minimum Gasteiger partial charge on any atom is -0.497 e. The van der Waals surface area contributed by atoms with Crippen LogP contribution in [0.25, 0.3) is 0 Å². The molecule has 126 valence electrons. The van der Waals surface area contributed by atoms with E-state index >= 15 is 0 Å². The number of carbonyl (C=O) groups is 2. The maximum Gasteiger partial charge on any atom is 0.341 e. The summed E-state index contributed by atoms with van der Waals surface area (Å²) in [6.45, 7) is -0.422. The van der Waals surface area contributed by atoms with Gasteiger partial charge in [0.25, 0.3) is 5.91 Å². The maximum atomic E-state index is 12.4. The minimum atomic E-state index is -1.06. The Bertz CT molecular complexity index is 726. The smallest absolute Gasteiger partial charge is 0.341 e. The van der Waals surface area contributed by atoms with Gasteiger partial charge in [0, 0.05) is 11.8 Å². The van der Waals surface area contributed by atoms with E-state index in [0.717, 1.165) is 0 Å². The van der Waals surface area contributed by atoms with Crippen molar-refractivity contribution in [1.82, 2.24) is 0 Å². The zero-order valence-corrected chi connectivity index (χ0v) is 13.2. The van der Waals surface area contributed by atoms with E-state index < -0.39 is 12.6 Å². The molecule has 2 N–H and O–H groups in total. The fraction of sp³-hybridized carbons (Fsp3) is 0.176. The second kappa shape index (κ2) is 7.87. The van der Waals surface area contributed by atoms with E-state index in [2.05, 4.69) is 5.32 Å². The molecule has 0 spiro atoms. The lowest BCUT2D eigenvalue weighted by molar-refractivity contribution is -0.139. The first kappa shape index (κ1) is 17.1. The Balaban J connectivity index is 2.08. The highest BCUT2D eigenvalue weighted by Crippen LogP contribution is 2.25. The van der Waals surface area contributed by atoms with E-state index in [9.17, 15) is 9.59 Å². The lowest BCUT2D eigenvalue weighted by Crippen LogP contribution is -2.13. The van der Waals surface area contributed by atoms with Crippen LogP contribution in [0.15, 0.2) is 42.5 Å². The molecule has 1 amide bonds. The van der Waals surface area contributed by atoms with Crippen LogP contribution in [0, 0.1) is 0 Å². The molecule has 0 aliphatic heterocycles. The number of aliphatic carboxylic acids is 1. The molecule has 0 atom stereocenters. The Morgan fingerprint density at radius 2 is 1.67 bits per heavy atom. The molecule has 2 aromatic carbocycles. The number of ether oxygens (including phenoxy) is 3. The van der Waals surface area contributed by atoms with Crippen molar-refractivity contribution in [3.63, 3.8) is 0 Å². The minimum absolute atomic E-state index is 0.339. The van der Waals surface area contributed by atoms with Crippen molar-refractivity contribution < 1.29 is 28.9 Å². The van der Waals surface area contributed by atoms with Gasteiger partial charge in [0.15, 0.2) is 6.61 Å². The first-order valence-electron chi connectivity index (χ1n) is 7.01. The fourth-order valence-corrected chi connectivity index (χ4v) is 1.96. The van der Waals surface area contributed by atoms with Gasteiger partial charge >= 0.3 is 5.97 Å². The van der Waals surface area contributed by atoms with Crippen molar-refractivity contribution in [2.75, 3.05) is 26.1 Å². The van der Waals surface area contributed by atoms with Gasteiger partial charge in [-0.15, -0.1) is 0 Å². The third kappa shape index (κ3) is 4.39. The highest BCUT2D eigenvalue weighted by Gasteiger charge is 2.13. The number of methoxy groups -OCH3 is 2. The van der Waals surface area contributed by atoms with Crippen LogP contribution >= 0.6 is 0 Å². The molecule has 0 saturated carbocycles. The van der Waals surface area contributed by atoms with Gasteiger partial charge in [-0.05, 0) is 36.4 Å². The summed E-state index contributed by atoms with van der Waals surface area (Å²) in [5, 5.41) is 11.3. The fourth-order valence-electron chi connectivity index (χ4n) is 1.96. The number of rotatable bonds is 7. The zero-order chi connectivity index (χ0) is 17.5. The molecule has 0 aromatic heterocycles. The summed E-state index contributed by atoms with van der Waals surface area (Å²) >= 11 is 0. The molecule has 0 unspecified atom stereocenters. The average Bonchev–Trinajstić information content (AvgIpc) is 2.60. The van der Waals surface area contributed by atoms with Gasteiger partial charge < -0.3 is 24.6 Å². The van der Waals surface area contributed by atoms with Gasteiger partial charge in [-0.3, -0.25) is 4.79 Å². The Labute approximate surface area is 138 Å². The number of amides is 1. The summed E-state index contributed by atoms with van der Waals surface area (Å²) in [5.74, 6) is -0.0123. The highest BCUT2D eigenvalue weighted by molar-refractivity contribution is 6.06. The molecule has 0 aliphatic carbocycles. The van der Waals surface area contributed by atoms with E-state index in [1.54, 1.807) is 42.5 Å². The molecule has 7 heteroatoms. The van der Waals surface area contributed by atoms with Crippen molar-refractivity contribution in [1.29, 1.82) is 0 Å². The number of carbonyl (C=O) groups excluding carboxylic acids is 1. The summed E-state index contributed by atoms with van der Waals surface area (Å²) in [5.41, 5.74) is 0.907. The Hall–Kier alpha value is -3.22. The van der Waals surface area contributed by atoms with Gasteiger partial charge in [0.1, 0.15) is 17.2 Å². The number of hydrogen-bond acceptors (Lipinski definition) is 5. The summed E-state index contributed by atoms with van der Waals surface area (Å²) < 4.78 is 15.3. The number of benzene rings is 2. The highest BCUT2D eigenvalue weighted by atomic mass is 16.5. The van der Waals surface area contributed by atoms with Crippen molar-refractivity contribution in [2.24, 2.45) is 0 Å². The van der Waals surface area contributed by atoms with Gasteiger partial charge in [0.05, 0.1) is 19.8 Å². The molecule has 0 saturated heterocycles. The third-order valence-electron chi connectivity index (χ3n) is 3.13. The third-order valence-corrected chi connectivity index (χ3v) is 3.13. The topological polar surface area (TPSA) is 94.1 Å². The monoisotopic (exact) mass is 331 g/mol. The first-order valence-corrected chi connectivity index (χ1v) is 7.01. The molecule has 0 radical (unpaired) electrons. The number of carboxylic acid groups (broad SMARTS) is 1. The maximum absolute atomic E-state index is 12.4. The summed E-state index contributed by atoms with van der Waals surface area (Å²) in [7, 11) is 3.00. The zero-order valence-electron chi connectivity index (χ0n) is 13.2. The Morgan fingerprint density at radius 3 is 2.25 bits per heavy atom. The normalized spacial score (nSPS) is 9.92. The van der Waals surface area contributed by atoms with Crippen LogP contribution in [0.4, 0.5) is 5.69 Å². The molecule has 24 heavy (non-hydrogen) atoms. The number of anilines is 1. The second-order valence-electron chi connectivity index (χ2n) is 4.73. The predicted octanol–water partition coefficient (Wildman–Crippen LogP) is 2.42. The van der Waals surface area contributed by atoms with Crippen molar-refractivity contribution in [3.8, 4) is 17.2 Å². The SMILES string of the molecule is COc1ccc(C(=O)Nc2ccc(OCC(=O)O)cc2)c(OC)c1.